The molecule has 1 amide bonds. The molecule has 19 heavy (non-hydrogen) atoms. The molecule has 3 N–H and O–H groups in total. The molecule has 2 aromatic rings. The number of hydrogen-bond acceptors (Lipinski definition) is 4. The van der Waals surface area contributed by atoms with Crippen LogP contribution in [0.2, 0.25) is 0 Å². The molecule has 1 aromatic heterocycles. The Morgan fingerprint density at radius 2 is 2.21 bits per heavy atom. The number of aromatic nitrogens is 2. The topological polar surface area (TPSA) is 82.2 Å². The second kappa shape index (κ2) is 5.01. The summed E-state index contributed by atoms with van der Waals surface area (Å²) >= 11 is 0. The molecule has 0 aliphatic rings. The number of nitrogens with two attached hydrogens (primary N) is 1. The van der Waals surface area contributed by atoms with E-state index in [0.717, 1.165) is 11.3 Å². The summed E-state index contributed by atoms with van der Waals surface area (Å²) < 4.78 is 6.67. The molecule has 0 aliphatic heterocycles. The van der Waals surface area contributed by atoms with Crippen LogP contribution in [0.1, 0.15) is 16.1 Å². The number of methoxy groups -OCH3 is 1. The highest BCUT2D eigenvalue weighted by molar-refractivity contribution is 6.06. The number of nitrogen functional groups attached to an aromatic ring is 1. The molecule has 6 heteroatoms. The number of amides is 1. The SMILES string of the molecule is COc1ccc(NC(=O)c2nn(C)cc2N)cc1C. The van der Waals surface area contributed by atoms with E-state index >= 15 is 0 Å². The number of benzene rings is 1. The zero-order chi connectivity index (χ0) is 14.0. The van der Waals surface area contributed by atoms with Crippen molar-refractivity contribution in [3.63, 3.8) is 0 Å². The molecule has 0 aliphatic carbocycles. The second-order valence-electron chi connectivity index (χ2n) is 4.25. The van der Waals surface area contributed by atoms with Gasteiger partial charge >= 0.3 is 0 Å². The number of carbonyl (C=O) groups excluding carboxylic acids is 1. The van der Waals surface area contributed by atoms with Crippen LogP contribution >= 0.6 is 0 Å². The second-order valence-corrected chi connectivity index (χ2v) is 4.25. The van der Waals surface area contributed by atoms with Crippen molar-refractivity contribution in [1.29, 1.82) is 0 Å². The summed E-state index contributed by atoms with van der Waals surface area (Å²) in [6.07, 6.45) is 1.59. The van der Waals surface area contributed by atoms with Gasteiger partial charge in [0.15, 0.2) is 5.69 Å². The molecular weight excluding hydrogens is 244 g/mol. The largest absolute Gasteiger partial charge is 0.496 e. The smallest absolute Gasteiger partial charge is 0.278 e. The van der Waals surface area contributed by atoms with Crippen LogP contribution in [0.25, 0.3) is 0 Å². The first kappa shape index (κ1) is 12.9. The monoisotopic (exact) mass is 260 g/mol. The van der Waals surface area contributed by atoms with Gasteiger partial charge in [-0.15, -0.1) is 0 Å². The average molecular weight is 260 g/mol. The van der Waals surface area contributed by atoms with Crippen LogP contribution in [0.4, 0.5) is 11.4 Å². The minimum absolute atomic E-state index is 0.218. The fourth-order valence-electron chi connectivity index (χ4n) is 1.83. The van der Waals surface area contributed by atoms with Gasteiger partial charge in [-0.05, 0) is 30.7 Å². The summed E-state index contributed by atoms with van der Waals surface area (Å²) in [5.74, 6) is 0.443. The van der Waals surface area contributed by atoms with E-state index in [2.05, 4.69) is 10.4 Å². The summed E-state index contributed by atoms with van der Waals surface area (Å²) in [6.45, 7) is 1.91. The Kier molecular flexibility index (Phi) is 3.41. The summed E-state index contributed by atoms with van der Waals surface area (Å²) in [6, 6.07) is 5.39. The molecule has 6 nitrogen and oxygen atoms in total. The Hall–Kier alpha value is -2.50. The van der Waals surface area contributed by atoms with E-state index in [-0.39, 0.29) is 11.6 Å². The van der Waals surface area contributed by atoms with Crippen molar-refractivity contribution >= 4 is 17.3 Å². The van der Waals surface area contributed by atoms with Crippen molar-refractivity contribution in [1.82, 2.24) is 9.78 Å². The van der Waals surface area contributed by atoms with E-state index in [0.29, 0.717) is 11.4 Å². The highest BCUT2D eigenvalue weighted by Crippen LogP contribution is 2.22. The molecule has 0 saturated carbocycles. The number of nitrogens with one attached hydrogen (secondary N) is 1. The number of carbonyl (C=O) groups is 1. The molecule has 0 atom stereocenters. The van der Waals surface area contributed by atoms with Gasteiger partial charge in [0.1, 0.15) is 5.75 Å². The minimum Gasteiger partial charge on any atom is -0.496 e. The van der Waals surface area contributed by atoms with Gasteiger partial charge < -0.3 is 15.8 Å². The molecule has 2 rings (SSSR count). The Morgan fingerprint density at radius 1 is 1.47 bits per heavy atom. The molecule has 0 spiro atoms. The molecule has 1 heterocycles. The van der Waals surface area contributed by atoms with Gasteiger partial charge in [-0.1, -0.05) is 0 Å². The predicted octanol–water partition coefficient (Wildman–Crippen LogP) is 1.57. The van der Waals surface area contributed by atoms with E-state index in [9.17, 15) is 4.79 Å². The molecule has 0 bridgehead atoms. The maximum absolute atomic E-state index is 12.0. The van der Waals surface area contributed by atoms with Crippen molar-refractivity contribution in [3.8, 4) is 5.75 Å². The molecule has 100 valence electrons. The zero-order valence-corrected chi connectivity index (χ0v) is 11.1. The van der Waals surface area contributed by atoms with Gasteiger partial charge in [0.25, 0.3) is 5.91 Å². The number of anilines is 2. The number of ether oxygens (including phenoxy) is 1. The zero-order valence-electron chi connectivity index (χ0n) is 11.1. The molecular formula is C13H16N4O2. The normalized spacial score (nSPS) is 10.3. The van der Waals surface area contributed by atoms with E-state index in [1.165, 1.54) is 4.68 Å². The lowest BCUT2D eigenvalue weighted by Gasteiger charge is -2.08. The Morgan fingerprint density at radius 3 is 2.74 bits per heavy atom. The van der Waals surface area contributed by atoms with E-state index in [1.54, 1.807) is 32.5 Å². The fourth-order valence-corrected chi connectivity index (χ4v) is 1.83. The third-order valence-corrected chi connectivity index (χ3v) is 2.72. The summed E-state index contributed by atoms with van der Waals surface area (Å²) in [5, 5.41) is 6.77. The molecule has 0 saturated heterocycles. The first-order valence-corrected chi connectivity index (χ1v) is 5.76. The van der Waals surface area contributed by atoms with Crippen LogP contribution in [0.5, 0.6) is 5.75 Å². The Balaban J connectivity index is 2.19. The summed E-state index contributed by atoms with van der Waals surface area (Å²) in [5.41, 5.74) is 7.89. The lowest BCUT2D eigenvalue weighted by Crippen LogP contribution is -2.14. The van der Waals surface area contributed by atoms with Crippen LogP contribution < -0.4 is 15.8 Å². The third-order valence-electron chi connectivity index (χ3n) is 2.72. The van der Waals surface area contributed by atoms with Crippen LogP contribution in [-0.2, 0) is 7.05 Å². The quantitative estimate of drug-likeness (QED) is 0.877. The first-order valence-electron chi connectivity index (χ1n) is 5.76. The van der Waals surface area contributed by atoms with Crippen LogP contribution in [-0.4, -0.2) is 22.8 Å². The Bertz CT molecular complexity index is 619. The van der Waals surface area contributed by atoms with Crippen molar-refractivity contribution in [2.45, 2.75) is 6.92 Å². The number of hydrogen-bond donors (Lipinski definition) is 2. The van der Waals surface area contributed by atoms with Crippen molar-refractivity contribution in [2.75, 3.05) is 18.2 Å². The van der Waals surface area contributed by atoms with Crippen LogP contribution in [0.3, 0.4) is 0 Å². The summed E-state index contributed by atoms with van der Waals surface area (Å²) in [4.78, 5) is 12.0. The highest BCUT2D eigenvalue weighted by atomic mass is 16.5. The minimum atomic E-state index is -0.331. The maximum atomic E-state index is 12.0. The predicted molar refractivity (Wildman–Crippen MR) is 73.3 cm³/mol. The maximum Gasteiger partial charge on any atom is 0.278 e. The van der Waals surface area contributed by atoms with Crippen molar-refractivity contribution < 1.29 is 9.53 Å². The fraction of sp³-hybridized carbons (Fsp3) is 0.231. The van der Waals surface area contributed by atoms with E-state index < -0.39 is 0 Å². The standard InChI is InChI=1S/C13H16N4O2/c1-8-6-9(4-5-11(8)19-3)15-13(18)12-10(14)7-17(2)16-12/h4-7H,14H2,1-3H3,(H,15,18). The number of rotatable bonds is 3. The van der Waals surface area contributed by atoms with Gasteiger partial charge in [0.05, 0.1) is 12.8 Å². The molecule has 1 aromatic carbocycles. The third kappa shape index (κ3) is 2.67. The summed E-state index contributed by atoms with van der Waals surface area (Å²) in [7, 11) is 3.32. The first-order chi connectivity index (χ1) is 9.01. The lowest BCUT2D eigenvalue weighted by molar-refractivity contribution is 0.102. The number of nitrogens with zero attached hydrogens (tertiary/aromatic N) is 2. The average Bonchev–Trinajstić information content (AvgIpc) is 2.69. The van der Waals surface area contributed by atoms with Gasteiger partial charge in [0.2, 0.25) is 0 Å². The van der Waals surface area contributed by atoms with Gasteiger partial charge in [0, 0.05) is 18.9 Å². The van der Waals surface area contributed by atoms with Crippen LogP contribution in [0, 0.1) is 6.92 Å². The number of aryl methyl sites for hydroxylation is 2. The molecule has 0 unspecified atom stereocenters. The van der Waals surface area contributed by atoms with E-state index in [4.69, 9.17) is 10.5 Å². The highest BCUT2D eigenvalue weighted by Gasteiger charge is 2.14. The van der Waals surface area contributed by atoms with Gasteiger partial charge in [-0.2, -0.15) is 5.10 Å². The molecule has 0 radical (unpaired) electrons. The van der Waals surface area contributed by atoms with Crippen molar-refractivity contribution in [2.24, 2.45) is 7.05 Å². The van der Waals surface area contributed by atoms with Crippen LogP contribution in [0.15, 0.2) is 24.4 Å². The van der Waals surface area contributed by atoms with Crippen molar-refractivity contribution in [3.05, 3.63) is 35.7 Å². The van der Waals surface area contributed by atoms with E-state index in [1.807, 2.05) is 13.0 Å². The molecule has 0 fully saturated rings. The van der Waals surface area contributed by atoms with Gasteiger partial charge in [-0.3, -0.25) is 9.48 Å². The lowest BCUT2D eigenvalue weighted by atomic mass is 10.2. The Labute approximate surface area is 111 Å². The van der Waals surface area contributed by atoms with Gasteiger partial charge in [-0.25, -0.2) is 0 Å².